The van der Waals surface area contributed by atoms with Gasteiger partial charge in [0.05, 0.1) is 12.5 Å². The average molecular weight is 383 g/mol. The van der Waals surface area contributed by atoms with Crippen LogP contribution < -0.4 is 10.2 Å². The van der Waals surface area contributed by atoms with E-state index in [9.17, 15) is 14.7 Å². The molecule has 2 aromatic rings. The summed E-state index contributed by atoms with van der Waals surface area (Å²) in [6, 6.07) is 10.2. The van der Waals surface area contributed by atoms with Crippen molar-refractivity contribution in [2.24, 2.45) is 0 Å². The molecule has 2 N–H and O–H groups in total. The van der Waals surface area contributed by atoms with Gasteiger partial charge < -0.3 is 20.2 Å². The number of nitrogens with one attached hydrogen (secondary N) is 1. The molecule has 3 rings (SSSR count). The second-order valence-corrected chi connectivity index (χ2v) is 6.74. The van der Waals surface area contributed by atoms with Gasteiger partial charge in [0.15, 0.2) is 0 Å². The lowest BCUT2D eigenvalue weighted by Gasteiger charge is -2.36. The fourth-order valence-corrected chi connectivity index (χ4v) is 3.18. The number of amides is 2. The Hall–Kier alpha value is -3.00. The molecule has 1 fully saturated rings. The standard InChI is InChI=1S/C20H25N5O3/c1-15(16-6-3-2-4-7-16)18(27)23-17(14-26)19(28)24-10-12-25(13-11-24)20-21-8-5-9-22-20/h2-9,15,17,26H,10-14H2,1H3,(H,23,27). The maximum Gasteiger partial charge on any atom is 0.247 e. The van der Waals surface area contributed by atoms with Crippen LogP contribution in [0.15, 0.2) is 48.8 Å². The van der Waals surface area contributed by atoms with Crippen LogP contribution in [0.3, 0.4) is 0 Å². The number of carbonyl (C=O) groups excluding carboxylic acids is 2. The van der Waals surface area contributed by atoms with E-state index in [0.29, 0.717) is 32.1 Å². The summed E-state index contributed by atoms with van der Waals surface area (Å²) in [4.78, 5) is 37.4. The molecule has 0 bridgehead atoms. The fraction of sp³-hybridized carbons (Fsp3) is 0.400. The predicted molar refractivity (Wildman–Crippen MR) is 105 cm³/mol. The Bertz CT molecular complexity index is 779. The molecule has 2 heterocycles. The second kappa shape index (κ2) is 9.27. The van der Waals surface area contributed by atoms with Crippen molar-refractivity contribution in [3.05, 3.63) is 54.4 Å². The Labute approximate surface area is 164 Å². The molecule has 8 nitrogen and oxygen atoms in total. The number of piperazine rings is 1. The van der Waals surface area contributed by atoms with Crippen LogP contribution in [0, 0.1) is 0 Å². The van der Waals surface area contributed by atoms with Gasteiger partial charge in [0.25, 0.3) is 0 Å². The molecule has 2 atom stereocenters. The smallest absolute Gasteiger partial charge is 0.247 e. The first-order valence-corrected chi connectivity index (χ1v) is 9.37. The lowest BCUT2D eigenvalue weighted by atomic mass is 10.00. The van der Waals surface area contributed by atoms with Crippen LogP contribution in [-0.2, 0) is 9.59 Å². The van der Waals surface area contributed by atoms with Crippen molar-refractivity contribution in [2.45, 2.75) is 18.9 Å². The summed E-state index contributed by atoms with van der Waals surface area (Å²) in [5.74, 6) is -0.326. The number of aliphatic hydroxyl groups is 1. The number of anilines is 1. The molecule has 1 aromatic heterocycles. The molecule has 1 aromatic carbocycles. The first-order chi connectivity index (χ1) is 13.6. The van der Waals surface area contributed by atoms with E-state index in [1.807, 2.05) is 35.2 Å². The van der Waals surface area contributed by atoms with E-state index in [-0.39, 0.29) is 11.8 Å². The Morgan fingerprint density at radius 3 is 2.32 bits per heavy atom. The largest absolute Gasteiger partial charge is 0.394 e. The third-order valence-corrected chi connectivity index (χ3v) is 4.92. The maximum absolute atomic E-state index is 12.8. The van der Waals surface area contributed by atoms with Crippen LogP contribution in [0.4, 0.5) is 5.95 Å². The highest BCUT2D eigenvalue weighted by molar-refractivity contribution is 5.90. The zero-order valence-electron chi connectivity index (χ0n) is 15.9. The lowest BCUT2D eigenvalue weighted by molar-refractivity contribution is -0.138. The van der Waals surface area contributed by atoms with Gasteiger partial charge in [-0.25, -0.2) is 9.97 Å². The molecule has 28 heavy (non-hydrogen) atoms. The summed E-state index contributed by atoms with van der Waals surface area (Å²) in [6.07, 6.45) is 3.37. The summed E-state index contributed by atoms with van der Waals surface area (Å²) in [5.41, 5.74) is 0.862. The van der Waals surface area contributed by atoms with Gasteiger partial charge in [0.1, 0.15) is 6.04 Å². The van der Waals surface area contributed by atoms with Crippen molar-refractivity contribution < 1.29 is 14.7 Å². The molecular formula is C20H25N5O3. The SMILES string of the molecule is CC(C(=O)NC(CO)C(=O)N1CCN(c2ncccn2)CC1)c1ccccc1. The number of hydrogen-bond donors (Lipinski definition) is 2. The van der Waals surface area contributed by atoms with Crippen molar-refractivity contribution in [2.75, 3.05) is 37.7 Å². The van der Waals surface area contributed by atoms with Gasteiger partial charge in [-0.15, -0.1) is 0 Å². The highest BCUT2D eigenvalue weighted by atomic mass is 16.3. The average Bonchev–Trinajstić information content (AvgIpc) is 2.77. The van der Waals surface area contributed by atoms with Crippen LogP contribution >= 0.6 is 0 Å². The van der Waals surface area contributed by atoms with E-state index in [4.69, 9.17) is 0 Å². The topological polar surface area (TPSA) is 98.7 Å². The molecule has 1 aliphatic rings. The minimum absolute atomic E-state index is 0.273. The summed E-state index contributed by atoms with van der Waals surface area (Å²) in [7, 11) is 0. The first kappa shape index (κ1) is 19.8. The van der Waals surface area contributed by atoms with Crippen molar-refractivity contribution in [3.63, 3.8) is 0 Å². The van der Waals surface area contributed by atoms with Gasteiger partial charge in [-0.2, -0.15) is 0 Å². The van der Waals surface area contributed by atoms with Crippen molar-refractivity contribution in [1.82, 2.24) is 20.2 Å². The second-order valence-electron chi connectivity index (χ2n) is 6.74. The molecule has 2 amide bonds. The highest BCUT2D eigenvalue weighted by Gasteiger charge is 2.30. The van der Waals surface area contributed by atoms with E-state index >= 15 is 0 Å². The van der Waals surface area contributed by atoms with E-state index < -0.39 is 18.6 Å². The third kappa shape index (κ3) is 4.64. The van der Waals surface area contributed by atoms with Gasteiger partial charge in [0, 0.05) is 38.6 Å². The zero-order valence-corrected chi connectivity index (χ0v) is 15.9. The number of hydrogen-bond acceptors (Lipinski definition) is 6. The van der Waals surface area contributed by atoms with Gasteiger partial charge in [-0.1, -0.05) is 30.3 Å². The predicted octanol–water partition coefficient (Wildman–Crippen LogP) is 0.406. The Balaban J connectivity index is 1.56. The normalized spacial score (nSPS) is 16.4. The molecule has 0 spiro atoms. The number of aromatic nitrogens is 2. The van der Waals surface area contributed by atoms with Crippen LogP contribution in [0.1, 0.15) is 18.4 Å². The lowest BCUT2D eigenvalue weighted by Crippen LogP contribution is -2.56. The Kier molecular flexibility index (Phi) is 6.54. The molecule has 148 valence electrons. The van der Waals surface area contributed by atoms with Gasteiger partial charge in [0.2, 0.25) is 17.8 Å². The summed E-state index contributed by atoms with van der Waals surface area (Å²) in [5, 5.41) is 12.4. The van der Waals surface area contributed by atoms with Crippen molar-refractivity contribution in [1.29, 1.82) is 0 Å². The third-order valence-electron chi connectivity index (χ3n) is 4.92. The molecule has 2 unspecified atom stereocenters. The molecule has 1 saturated heterocycles. The minimum atomic E-state index is -0.946. The molecular weight excluding hydrogens is 358 g/mol. The first-order valence-electron chi connectivity index (χ1n) is 9.37. The number of benzene rings is 1. The number of nitrogens with zero attached hydrogens (tertiary/aromatic N) is 4. The minimum Gasteiger partial charge on any atom is -0.394 e. The van der Waals surface area contributed by atoms with E-state index in [1.54, 1.807) is 30.3 Å². The van der Waals surface area contributed by atoms with Crippen LogP contribution in [0.25, 0.3) is 0 Å². The maximum atomic E-state index is 12.8. The van der Waals surface area contributed by atoms with Crippen molar-refractivity contribution in [3.8, 4) is 0 Å². The van der Waals surface area contributed by atoms with Crippen LogP contribution in [0.2, 0.25) is 0 Å². The number of rotatable bonds is 6. The molecule has 0 saturated carbocycles. The number of aliphatic hydroxyl groups excluding tert-OH is 1. The Morgan fingerprint density at radius 2 is 1.71 bits per heavy atom. The van der Waals surface area contributed by atoms with Gasteiger partial charge in [-0.05, 0) is 18.6 Å². The summed E-state index contributed by atoms with van der Waals surface area (Å²) >= 11 is 0. The number of carbonyl (C=O) groups is 2. The van der Waals surface area contributed by atoms with E-state index in [1.165, 1.54) is 0 Å². The summed E-state index contributed by atoms with van der Waals surface area (Å²) in [6.45, 7) is 3.51. The fourth-order valence-electron chi connectivity index (χ4n) is 3.18. The quantitative estimate of drug-likeness (QED) is 0.750. The molecule has 8 heteroatoms. The van der Waals surface area contributed by atoms with Crippen molar-refractivity contribution >= 4 is 17.8 Å². The summed E-state index contributed by atoms with van der Waals surface area (Å²) < 4.78 is 0. The van der Waals surface area contributed by atoms with Crippen LogP contribution in [-0.4, -0.2) is 70.6 Å². The Morgan fingerprint density at radius 1 is 1.07 bits per heavy atom. The van der Waals surface area contributed by atoms with Gasteiger partial charge >= 0.3 is 0 Å². The van der Waals surface area contributed by atoms with E-state index in [2.05, 4.69) is 15.3 Å². The van der Waals surface area contributed by atoms with Gasteiger partial charge in [-0.3, -0.25) is 9.59 Å². The highest BCUT2D eigenvalue weighted by Crippen LogP contribution is 2.15. The van der Waals surface area contributed by atoms with Crippen LogP contribution in [0.5, 0.6) is 0 Å². The van der Waals surface area contributed by atoms with E-state index in [0.717, 1.165) is 5.56 Å². The molecule has 1 aliphatic heterocycles. The molecule has 0 aliphatic carbocycles. The zero-order chi connectivity index (χ0) is 19.9. The monoisotopic (exact) mass is 383 g/mol. The molecule has 0 radical (unpaired) electrons.